The molecule has 3 aromatic carbocycles. The second kappa shape index (κ2) is 11.2. The zero-order valence-electron chi connectivity index (χ0n) is 20.2. The molecule has 0 aliphatic carbocycles. The Bertz CT molecular complexity index is 1300. The summed E-state index contributed by atoms with van der Waals surface area (Å²) in [5.41, 5.74) is 2.15. The molecule has 0 saturated heterocycles. The fraction of sp³-hybridized carbons (Fsp3) is 0.259. The minimum absolute atomic E-state index is 0.0179. The number of carbonyl (C=O) groups is 2. The summed E-state index contributed by atoms with van der Waals surface area (Å²) in [6.45, 7) is 7.09. The summed E-state index contributed by atoms with van der Waals surface area (Å²) in [6.07, 6.45) is 0. The van der Waals surface area contributed by atoms with E-state index >= 15 is 0 Å². The summed E-state index contributed by atoms with van der Waals surface area (Å²) in [7, 11) is -4.20. The summed E-state index contributed by atoms with van der Waals surface area (Å²) in [5.74, 6) is -1.39. The summed E-state index contributed by atoms with van der Waals surface area (Å²) in [6, 6.07) is 20.3. The third-order valence-electron chi connectivity index (χ3n) is 5.39. The third-order valence-corrected chi connectivity index (χ3v) is 6.76. The minimum Gasteiger partial charge on any atom is -0.452 e. The molecule has 35 heavy (non-hydrogen) atoms. The van der Waals surface area contributed by atoms with Crippen molar-refractivity contribution in [1.82, 2.24) is 4.90 Å². The fourth-order valence-corrected chi connectivity index (χ4v) is 4.74. The van der Waals surface area contributed by atoms with E-state index in [0.29, 0.717) is 12.1 Å². The number of aryl methyl sites for hydroxylation is 2. The van der Waals surface area contributed by atoms with Crippen LogP contribution in [0.5, 0.6) is 5.75 Å². The SMILES string of the molecule is Cc1ccc(C)c(S(=O)(=O)Oc2ccccc2C(=O)OCC(=O)N(Cc2ccccc2)C(C)C)c1. The molecule has 0 aromatic heterocycles. The van der Waals surface area contributed by atoms with E-state index < -0.39 is 22.7 Å². The van der Waals surface area contributed by atoms with Gasteiger partial charge in [0.05, 0.1) is 0 Å². The Morgan fingerprint density at radius 2 is 1.57 bits per heavy atom. The lowest BCUT2D eigenvalue weighted by molar-refractivity contribution is -0.136. The molecule has 0 fully saturated rings. The van der Waals surface area contributed by atoms with Gasteiger partial charge in [0.25, 0.3) is 5.91 Å². The molecule has 0 aliphatic heterocycles. The number of para-hydroxylation sites is 1. The van der Waals surface area contributed by atoms with Crippen molar-refractivity contribution in [3.05, 3.63) is 95.1 Å². The molecule has 0 radical (unpaired) electrons. The smallest absolute Gasteiger partial charge is 0.342 e. The number of hydrogen-bond acceptors (Lipinski definition) is 6. The van der Waals surface area contributed by atoms with Crippen molar-refractivity contribution in [1.29, 1.82) is 0 Å². The van der Waals surface area contributed by atoms with E-state index in [1.807, 2.05) is 44.2 Å². The lowest BCUT2D eigenvalue weighted by Crippen LogP contribution is -2.39. The van der Waals surface area contributed by atoms with Gasteiger partial charge in [0, 0.05) is 12.6 Å². The molecule has 1 amide bonds. The molecular formula is C27H29NO6S. The van der Waals surface area contributed by atoms with E-state index in [1.165, 1.54) is 18.2 Å². The van der Waals surface area contributed by atoms with Crippen LogP contribution in [-0.2, 0) is 26.2 Å². The van der Waals surface area contributed by atoms with Gasteiger partial charge in [-0.2, -0.15) is 8.42 Å². The largest absolute Gasteiger partial charge is 0.452 e. The van der Waals surface area contributed by atoms with Gasteiger partial charge in [-0.1, -0.05) is 54.6 Å². The highest BCUT2D eigenvalue weighted by Gasteiger charge is 2.25. The first-order valence-electron chi connectivity index (χ1n) is 11.2. The maximum atomic E-state index is 12.9. The molecule has 0 unspecified atom stereocenters. The maximum Gasteiger partial charge on any atom is 0.342 e. The lowest BCUT2D eigenvalue weighted by atomic mass is 10.2. The number of carbonyl (C=O) groups excluding carboxylic acids is 2. The van der Waals surface area contributed by atoms with Crippen LogP contribution < -0.4 is 4.18 Å². The van der Waals surface area contributed by atoms with E-state index in [1.54, 1.807) is 43.0 Å². The Hall–Kier alpha value is -3.65. The summed E-state index contributed by atoms with van der Waals surface area (Å²) >= 11 is 0. The molecule has 0 aliphatic rings. The quantitative estimate of drug-likeness (QED) is 0.317. The van der Waals surface area contributed by atoms with Gasteiger partial charge < -0.3 is 13.8 Å². The van der Waals surface area contributed by atoms with Crippen LogP contribution in [0.25, 0.3) is 0 Å². The van der Waals surface area contributed by atoms with Gasteiger partial charge in [0.15, 0.2) is 12.4 Å². The zero-order valence-corrected chi connectivity index (χ0v) is 21.0. The standard InChI is InChI=1S/C27H29NO6S/c1-19(2)28(17-22-10-6-5-7-11-22)26(29)18-33-27(30)23-12-8-9-13-24(23)34-35(31,32)25-16-20(3)14-15-21(25)4/h5-16,19H,17-18H2,1-4H3. The van der Waals surface area contributed by atoms with Crippen LogP contribution in [0.2, 0.25) is 0 Å². The fourth-order valence-electron chi connectivity index (χ4n) is 3.47. The number of nitrogens with zero attached hydrogens (tertiary/aromatic N) is 1. The molecule has 0 heterocycles. The number of amides is 1. The Kier molecular flexibility index (Phi) is 8.30. The van der Waals surface area contributed by atoms with Crippen molar-refractivity contribution >= 4 is 22.0 Å². The number of hydrogen-bond donors (Lipinski definition) is 0. The number of rotatable bonds is 9. The zero-order chi connectivity index (χ0) is 25.6. The van der Waals surface area contributed by atoms with Gasteiger partial charge in [0.2, 0.25) is 0 Å². The Morgan fingerprint density at radius 3 is 2.26 bits per heavy atom. The molecule has 0 atom stereocenters. The van der Waals surface area contributed by atoms with Crippen LogP contribution >= 0.6 is 0 Å². The maximum absolute atomic E-state index is 12.9. The van der Waals surface area contributed by atoms with Gasteiger partial charge in [-0.3, -0.25) is 4.79 Å². The molecule has 3 aromatic rings. The van der Waals surface area contributed by atoms with E-state index in [0.717, 1.165) is 11.1 Å². The Balaban J connectivity index is 1.74. The van der Waals surface area contributed by atoms with Gasteiger partial charge in [-0.05, 0) is 62.6 Å². The van der Waals surface area contributed by atoms with Crippen molar-refractivity contribution < 1.29 is 26.9 Å². The topological polar surface area (TPSA) is 90.0 Å². The molecule has 0 spiro atoms. The molecule has 0 bridgehead atoms. The first kappa shape index (κ1) is 26.0. The van der Waals surface area contributed by atoms with Crippen LogP contribution in [0.4, 0.5) is 0 Å². The lowest BCUT2D eigenvalue weighted by Gasteiger charge is -2.26. The van der Waals surface area contributed by atoms with E-state index in [4.69, 9.17) is 8.92 Å². The predicted molar refractivity (Wildman–Crippen MR) is 133 cm³/mol. The third kappa shape index (κ3) is 6.70. The minimum atomic E-state index is -4.20. The molecule has 8 heteroatoms. The number of esters is 1. The monoisotopic (exact) mass is 495 g/mol. The van der Waals surface area contributed by atoms with Crippen molar-refractivity contribution in [3.63, 3.8) is 0 Å². The van der Waals surface area contributed by atoms with Crippen LogP contribution in [0.15, 0.2) is 77.7 Å². The van der Waals surface area contributed by atoms with Crippen LogP contribution in [-0.4, -0.2) is 37.8 Å². The van der Waals surface area contributed by atoms with Crippen LogP contribution in [0.1, 0.15) is 40.9 Å². The van der Waals surface area contributed by atoms with Crippen molar-refractivity contribution in [2.75, 3.05) is 6.61 Å². The average molecular weight is 496 g/mol. The van der Waals surface area contributed by atoms with E-state index in [9.17, 15) is 18.0 Å². The van der Waals surface area contributed by atoms with Gasteiger partial charge in [-0.15, -0.1) is 0 Å². The number of ether oxygens (including phenoxy) is 1. The molecule has 7 nitrogen and oxygen atoms in total. The van der Waals surface area contributed by atoms with Gasteiger partial charge in [0.1, 0.15) is 10.5 Å². The average Bonchev–Trinajstić information content (AvgIpc) is 2.82. The normalized spacial score (nSPS) is 11.2. The highest BCUT2D eigenvalue weighted by molar-refractivity contribution is 7.87. The van der Waals surface area contributed by atoms with Crippen molar-refractivity contribution in [2.45, 2.75) is 45.2 Å². The second-order valence-electron chi connectivity index (χ2n) is 8.48. The Labute approximate surface area is 206 Å². The highest BCUT2D eigenvalue weighted by Crippen LogP contribution is 2.26. The summed E-state index contributed by atoms with van der Waals surface area (Å²) in [5, 5.41) is 0. The molecule has 3 rings (SSSR count). The number of benzene rings is 3. The van der Waals surface area contributed by atoms with Gasteiger partial charge >= 0.3 is 16.1 Å². The predicted octanol–water partition coefficient (Wildman–Crippen LogP) is 4.67. The molecule has 0 saturated carbocycles. The van der Waals surface area contributed by atoms with Crippen LogP contribution in [0, 0.1) is 13.8 Å². The van der Waals surface area contributed by atoms with E-state index in [-0.39, 0.29) is 28.2 Å². The molecule has 184 valence electrons. The molecule has 0 N–H and O–H groups in total. The van der Waals surface area contributed by atoms with Crippen LogP contribution in [0.3, 0.4) is 0 Å². The van der Waals surface area contributed by atoms with E-state index in [2.05, 4.69) is 0 Å². The second-order valence-corrected chi connectivity index (χ2v) is 9.99. The summed E-state index contributed by atoms with van der Waals surface area (Å²) in [4.78, 5) is 27.2. The summed E-state index contributed by atoms with van der Waals surface area (Å²) < 4.78 is 36.4. The van der Waals surface area contributed by atoms with Crippen molar-refractivity contribution in [2.24, 2.45) is 0 Å². The van der Waals surface area contributed by atoms with Gasteiger partial charge in [-0.25, -0.2) is 4.79 Å². The van der Waals surface area contributed by atoms with Crippen molar-refractivity contribution in [3.8, 4) is 5.75 Å². The first-order valence-corrected chi connectivity index (χ1v) is 12.6. The highest BCUT2D eigenvalue weighted by atomic mass is 32.2. The first-order chi connectivity index (χ1) is 16.6. The Morgan fingerprint density at radius 1 is 0.914 bits per heavy atom. The molecular weight excluding hydrogens is 466 g/mol.